The topological polar surface area (TPSA) is 102 Å². The molecule has 1 rings (SSSR count). The van der Waals surface area contributed by atoms with Crippen molar-refractivity contribution in [1.82, 2.24) is 5.32 Å². The lowest BCUT2D eigenvalue weighted by atomic mass is 10.2. The van der Waals surface area contributed by atoms with Crippen molar-refractivity contribution in [3.8, 4) is 5.75 Å². The summed E-state index contributed by atoms with van der Waals surface area (Å²) < 4.78 is 18.5. The van der Waals surface area contributed by atoms with Crippen molar-refractivity contribution in [2.24, 2.45) is 0 Å². The molecule has 0 fully saturated rings. The van der Waals surface area contributed by atoms with Crippen LogP contribution in [0.2, 0.25) is 0 Å². The van der Waals surface area contributed by atoms with Gasteiger partial charge in [-0.25, -0.2) is 4.39 Å². The third-order valence-corrected chi connectivity index (χ3v) is 2.44. The molecule has 0 aliphatic rings. The van der Waals surface area contributed by atoms with Gasteiger partial charge in [-0.05, 0) is 13.1 Å². The van der Waals surface area contributed by atoms with Gasteiger partial charge in [0.1, 0.15) is 6.04 Å². The standard InChI is InChI=1S/C11H13FN2O5/c1-13-9(11(15)16)4-5-19-10-3-2-7(14(17)18)6-8(10)12/h2-3,6,9,13H,4-5H2,1H3,(H,15,16). The van der Waals surface area contributed by atoms with Gasteiger partial charge in [0.2, 0.25) is 0 Å². The van der Waals surface area contributed by atoms with Crippen LogP contribution in [0.5, 0.6) is 5.75 Å². The van der Waals surface area contributed by atoms with E-state index in [2.05, 4.69) is 5.32 Å². The number of likely N-dealkylation sites (N-methyl/N-ethyl adjacent to an activating group) is 1. The largest absolute Gasteiger partial charge is 0.490 e. The zero-order valence-corrected chi connectivity index (χ0v) is 10.1. The van der Waals surface area contributed by atoms with Crippen molar-refractivity contribution in [2.45, 2.75) is 12.5 Å². The minimum absolute atomic E-state index is 0.0213. The lowest BCUT2D eigenvalue weighted by Gasteiger charge is -2.12. The molecular weight excluding hydrogens is 259 g/mol. The molecule has 0 aliphatic carbocycles. The van der Waals surface area contributed by atoms with Crippen LogP contribution in [0.4, 0.5) is 10.1 Å². The van der Waals surface area contributed by atoms with E-state index in [4.69, 9.17) is 9.84 Å². The normalized spacial score (nSPS) is 11.9. The quantitative estimate of drug-likeness (QED) is 0.570. The molecular formula is C11H13FN2O5. The maximum absolute atomic E-state index is 13.4. The number of nitro benzene ring substituents is 1. The Kier molecular flexibility index (Phi) is 5.19. The van der Waals surface area contributed by atoms with E-state index >= 15 is 0 Å². The van der Waals surface area contributed by atoms with Crippen LogP contribution in [0.3, 0.4) is 0 Å². The zero-order chi connectivity index (χ0) is 14.4. The molecule has 19 heavy (non-hydrogen) atoms. The molecule has 0 spiro atoms. The number of hydrogen-bond acceptors (Lipinski definition) is 5. The van der Waals surface area contributed by atoms with Gasteiger partial charge in [-0.1, -0.05) is 0 Å². The summed E-state index contributed by atoms with van der Waals surface area (Å²) in [6.07, 6.45) is 0.141. The number of carboxylic acid groups (broad SMARTS) is 1. The van der Waals surface area contributed by atoms with Gasteiger partial charge in [0.05, 0.1) is 17.6 Å². The monoisotopic (exact) mass is 272 g/mol. The number of nitrogens with zero attached hydrogens (tertiary/aromatic N) is 1. The molecule has 1 aromatic rings. The van der Waals surface area contributed by atoms with Crippen LogP contribution in [-0.4, -0.2) is 35.7 Å². The highest BCUT2D eigenvalue weighted by Gasteiger charge is 2.16. The van der Waals surface area contributed by atoms with E-state index in [1.165, 1.54) is 7.05 Å². The number of rotatable bonds is 7. The molecule has 104 valence electrons. The summed E-state index contributed by atoms with van der Waals surface area (Å²) >= 11 is 0. The molecule has 0 radical (unpaired) electrons. The van der Waals surface area contributed by atoms with Crippen molar-refractivity contribution in [1.29, 1.82) is 0 Å². The number of carboxylic acids is 1. The molecule has 1 atom stereocenters. The molecule has 0 heterocycles. The van der Waals surface area contributed by atoms with Gasteiger partial charge in [-0.2, -0.15) is 0 Å². The number of hydrogen-bond donors (Lipinski definition) is 2. The number of halogens is 1. The van der Waals surface area contributed by atoms with Crippen LogP contribution >= 0.6 is 0 Å². The first-order chi connectivity index (χ1) is 8.95. The van der Waals surface area contributed by atoms with Crippen molar-refractivity contribution in [3.05, 3.63) is 34.1 Å². The molecule has 0 bridgehead atoms. The number of aliphatic carboxylic acids is 1. The van der Waals surface area contributed by atoms with Gasteiger partial charge in [-0.3, -0.25) is 14.9 Å². The lowest BCUT2D eigenvalue weighted by molar-refractivity contribution is -0.385. The van der Waals surface area contributed by atoms with Gasteiger partial charge < -0.3 is 15.2 Å². The fraction of sp³-hybridized carbons (Fsp3) is 0.364. The Morgan fingerprint density at radius 2 is 2.32 bits per heavy atom. The number of ether oxygens (including phenoxy) is 1. The Hall–Kier alpha value is -2.22. The number of nitro groups is 1. The fourth-order valence-electron chi connectivity index (χ4n) is 1.40. The Balaban J connectivity index is 2.59. The lowest BCUT2D eigenvalue weighted by Crippen LogP contribution is -2.35. The highest BCUT2D eigenvalue weighted by Crippen LogP contribution is 2.22. The van der Waals surface area contributed by atoms with Crippen LogP contribution in [0.25, 0.3) is 0 Å². The minimum atomic E-state index is -1.03. The summed E-state index contributed by atoms with van der Waals surface area (Å²) in [4.78, 5) is 20.4. The van der Waals surface area contributed by atoms with Crippen molar-refractivity contribution in [2.75, 3.05) is 13.7 Å². The fourth-order valence-corrected chi connectivity index (χ4v) is 1.40. The van der Waals surface area contributed by atoms with Crippen molar-refractivity contribution < 1.29 is 24.0 Å². The first-order valence-corrected chi connectivity index (χ1v) is 5.42. The second-order valence-electron chi connectivity index (χ2n) is 3.69. The van der Waals surface area contributed by atoms with Crippen LogP contribution in [-0.2, 0) is 4.79 Å². The molecule has 1 unspecified atom stereocenters. The van der Waals surface area contributed by atoms with E-state index in [0.717, 1.165) is 18.2 Å². The Morgan fingerprint density at radius 3 is 2.79 bits per heavy atom. The molecule has 2 N–H and O–H groups in total. The van der Waals surface area contributed by atoms with E-state index in [9.17, 15) is 19.3 Å². The van der Waals surface area contributed by atoms with Crippen LogP contribution < -0.4 is 10.1 Å². The molecule has 0 amide bonds. The highest BCUT2D eigenvalue weighted by molar-refractivity contribution is 5.73. The van der Waals surface area contributed by atoms with Crippen LogP contribution in [0.15, 0.2) is 18.2 Å². The summed E-state index contributed by atoms with van der Waals surface area (Å²) in [6.45, 7) is -0.0213. The SMILES string of the molecule is CNC(CCOc1ccc([N+](=O)[O-])cc1F)C(=O)O. The Bertz CT molecular complexity index is 480. The number of non-ortho nitro benzene ring substituents is 1. The Labute approximate surface area is 108 Å². The summed E-state index contributed by atoms with van der Waals surface area (Å²) in [6, 6.07) is 2.22. The highest BCUT2D eigenvalue weighted by atomic mass is 19.1. The zero-order valence-electron chi connectivity index (χ0n) is 10.1. The third kappa shape index (κ3) is 4.18. The summed E-state index contributed by atoms with van der Waals surface area (Å²) in [5.74, 6) is -2.04. The number of carbonyl (C=O) groups is 1. The average Bonchev–Trinajstić information content (AvgIpc) is 2.35. The molecule has 0 aliphatic heterocycles. The molecule has 8 heteroatoms. The smallest absolute Gasteiger partial charge is 0.320 e. The summed E-state index contributed by atoms with van der Waals surface area (Å²) in [5, 5.41) is 21.7. The molecule has 7 nitrogen and oxygen atoms in total. The van der Waals surface area contributed by atoms with E-state index in [-0.39, 0.29) is 24.5 Å². The maximum atomic E-state index is 13.4. The second kappa shape index (κ2) is 6.64. The van der Waals surface area contributed by atoms with Gasteiger partial charge in [0.15, 0.2) is 11.6 Å². The van der Waals surface area contributed by atoms with Gasteiger partial charge in [0.25, 0.3) is 5.69 Å². The van der Waals surface area contributed by atoms with Gasteiger partial charge >= 0.3 is 5.97 Å². The molecule has 1 aromatic carbocycles. The Morgan fingerprint density at radius 1 is 1.63 bits per heavy atom. The van der Waals surface area contributed by atoms with Gasteiger partial charge in [0, 0.05) is 12.5 Å². The summed E-state index contributed by atoms with van der Waals surface area (Å²) in [5.41, 5.74) is -0.372. The van der Waals surface area contributed by atoms with Crippen molar-refractivity contribution >= 4 is 11.7 Å². The van der Waals surface area contributed by atoms with E-state index < -0.39 is 22.8 Å². The van der Waals surface area contributed by atoms with Crippen LogP contribution in [0.1, 0.15) is 6.42 Å². The average molecular weight is 272 g/mol. The van der Waals surface area contributed by atoms with Crippen molar-refractivity contribution in [3.63, 3.8) is 0 Å². The predicted molar refractivity (Wildman–Crippen MR) is 63.6 cm³/mol. The third-order valence-electron chi connectivity index (χ3n) is 2.44. The first-order valence-electron chi connectivity index (χ1n) is 5.42. The van der Waals surface area contributed by atoms with E-state index in [1.54, 1.807) is 0 Å². The summed E-state index contributed by atoms with van der Waals surface area (Å²) in [7, 11) is 1.49. The van der Waals surface area contributed by atoms with Gasteiger partial charge in [-0.15, -0.1) is 0 Å². The molecule has 0 aromatic heterocycles. The minimum Gasteiger partial charge on any atom is -0.490 e. The maximum Gasteiger partial charge on any atom is 0.320 e. The second-order valence-corrected chi connectivity index (χ2v) is 3.69. The molecule has 0 saturated carbocycles. The van der Waals surface area contributed by atoms with E-state index in [0.29, 0.717) is 0 Å². The molecule has 0 saturated heterocycles. The first kappa shape index (κ1) is 14.8. The van der Waals surface area contributed by atoms with Crippen LogP contribution in [0, 0.1) is 15.9 Å². The predicted octanol–water partition coefficient (Wildman–Crippen LogP) is 1.18. The van der Waals surface area contributed by atoms with E-state index in [1.807, 2.05) is 0 Å². The number of nitrogens with one attached hydrogen (secondary N) is 1. The number of benzene rings is 1.